The summed E-state index contributed by atoms with van der Waals surface area (Å²) >= 11 is 0. The third kappa shape index (κ3) is 5.14. The summed E-state index contributed by atoms with van der Waals surface area (Å²) in [7, 11) is 0. The maximum Gasteiger partial charge on any atom is 0.422 e. The van der Waals surface area contributed by atoms with E-state index in [1.165, 1.54) is 18.2 Å². The summed E-state index contributed by atoms with van der Waals surface area (Å²) in [6.07, 6.45) is -2.41. The van der Waals surface area contributed by atoms with E-state index >= 15 is 0 Å². The molecule has 2 N–H and O–H groups in total. The molecule has 8 heteroatoms. The molecule has 1 aliphatic rings. The van der Waals surface area contributed by atoms with Gasteiger partial charge in [0.2, 0.25) is 0 Å². The van der Waals surface area contributed by atoms with Crippen LogP contribution in [0.25, 0.3) is 0 Å². The number of carbonyl (C=O) groups is 1. The number of alkyl halides is 3. The second kappa shape index (κ2) is 6.66. The number of hydrogen-bond acceptors (Lipinski definition) is 3. The second-order valence-electron chi connectivity index (χ2n) is 4.66. The van der Waals surface area contributed by atoms with Crippen LogP contribution in [0, 0.1) is 0 Å². The van der Waals surface area contributed by atoms with Gasteiger partial charge in [0.05, 0.1) is 5.69 Å². The molecular formula is C13H16F3N3O2. The molecule has 0 unspecified atom stereocenters. The van der Waals surface area contributed by atoms with Gasteiger partial charge in [0.1, 0.15) is 5.75 Å². The lowest BCUT2D eigenvalue weighted by Gasteiger charge is -2.18. The molecule has 1 fully saturated rings. The largest absolute Gasteiger partial charge is 0.482 e. The zero-order chi connectivity index (χ0) is 15.3. The van der Waals surface area contributed by atoms with E-state index in [0.717, 1.165) is 25.9 Å². The summed E-state index contributed by atoms with van der Waals surface area (Å²) in [6, 6.07) is 5.49. The smallest absolute Gasteiger partial charge is 0.422 e. The normalized spacial score (nSPS) is 15.8. The van der Waals surface area contributed by atoms with Crippen molar-refractivity contribution in [3.8, 4) is 5.75 Å². The quantitative estimate of drug-likeness (QED) is 0.899. The highest BCUT2D eigenvalue weighted by Crippen LogP contribution is 2.26. The van der Waals surface area contributed by atoms with Gasteiger partial charge in [0.15, 0.2) is 6.61 Å². The average molecular weight is 303 g/mol. The number of para-hydroxylation sites is 2. The van der Waals surface area contributed by atoms with Crippen molar-refractivity contribution < 1.29 is 22.7 Å². The molecule has 5 nitrogen and oxygen atoms in total. The maximum absolute atomic E-state index is 12.2. The fourth-order valence-electron chi connectivity index (χ4n) is 1.98. The van der Waals surface area contributed by atoms with Crippen molar-refractivity contribution in [2.75, 3.05) is 25.0 Å². The Hall–Kier alpha value is -1.96. The van der Waals surface area contributed by atoms with Gasteiger partial charge in [-0.05, 0) is 25.0 Å². The second-order valence-corrected chi connectivity index (χ2v) is 4.66. The molecule has 0 atom stereocenters. The van der Waals surface area contributed by atoms with Crippen LogP contribution in [-0.4, -0.2) is 36.9 Å². The third-order valence-electron chi connectivity index (χ3n) is 2.89. The molecule has 0 aliphatic carbocycles. The molecular weight excluding hydrogens is 287 g/mol. The molecule has 21 heavy (non-hydrogen) atoms. The number of hydrazine groups is 1. The van der Waals surface area contributed by atoms with E-state index in [2.05, 4.69) is 10.7 Å². The number of amides is 2. The lowest BCUT2D eigenvalue weighted by Crippen LogP contribution is -2.42. The van der Waals surface area contributed by atoms with Crippen LogP contribution in [0.1, 0.15) is 12.8 Å². The van der Waals surface area contributed by atoms with E-state index in [1.807, 2.05) is 0 Å². The SMILES string of the molecule is O=C(Nc1ccccc1OCC(F)(F)F)NN1CCCC1. The molecule has 1 heterocycles. The molecule has 2 rings (SSSR count). The Bertz CT molecular complexity index is 488. The van der Waals surface area contributed by atoms with Gasteiger partial charge in [0.25, 0.3) is 0 Å². The number of urea groups is 1. The van der Waals surface area contributed by atoms with E-state index < -0.39 is 18.8 Å². The van der Waals surface area contributed by atoms with Gasteiger partial charge in [-0.3, -0.25) is 5.43 Å². The summed E-state index contributed by atoms with van der Waals surface area (Å²) in [5.41, 5.74) is 2.83. The minimum absolute atomic E-state index is 0.0219. The molecule has 0 spiro atoms. The zero-order valence-electron chi connectivity index (χ0n) is 11.2. The fraction of sp³-hybridized carbons (Fsp3) is 0.462. The molecule has 0 aromatic heterocycles. The average Bonchev–Trinajstić information content (AvgIpc) is 2.89. The molecule has 1 aromatic carbocycles. The summed E-state index contributed by atoms with van der Waals surface area (Å²) < 4.78 is 41.2. The number of carbonyl (C=O) groups excluding carboxylic acids is 1. The van der Waals surface area contributed by atoms with Crippen molar-refractivity contribution in [1.29, 1.82) is 0 Å². The number of hydrogen-bond donors (Lipinski definition) is 2. The van der Waals surface area contributed by atoms with E-state index in [9.17, 15) is 18.0 Å². The van der Waals surface area contributed by atoms with Crippen LogP contribution in [0.4, 0.5) is 23.7 Å². The van der Waals surface area contributed by atoms with Gasteiger partial charge in [-0.25, -0.2) is 9.80 Å². The van der Waals surface area contributed by atoms with Crippen LogP contribution >= 0.6 is 0 Å². The molecule has 0 radical (unpaired) electrons. The van der Waals surface area contributed by atoms with Crippen LogP contribution in [0.3, 0.4) is 0 Å². The number of halogens is 3. The lowest BCUT2D eigenvalue weighted by molar-refractivity contribution is -0.153. The minimum atomic E-state index is -4.43. The van der Waals surface area contributed by atoms with Gasteiger partial charge in [-0.15, -0.1) is 0 Å². The summed E-state index contributed by atoms with van der Waals surface area (Å²) in [4.78, 5) is 11.8. The molecule has 0 bridgehead atoms. The number of nitrogens with zero attached hydrogens (tertiary/aromatic N) is 1. The first-order valence-corrected chi connectivity index (χ1v) is 6.55. The Morgan fingerprint density at radius 2 is 1.90 bits per heavy atom. The number of nitrogens with one attached hydrogen (secondary N) is 2. The maximum atomic E-state index is 12.2. The highest BCUT2D eigenvalue weighted by Gasteiger charge is 2.29. The topological polar surface area (TPSA) is 53.6 Å². The lowest BCUT2D eigenvalue weighted by atomic mass is 10.3. The number of ether oxygens (including phenoxy) is 1. The van der Waals surface area contributed by atoms with Crippen molar-refractivity contribution >= 4 is 11.7 Å². The van der Waals surface area contributed by atoms with Crippen molar-refractivity contribution in [3.63, 3.8) is 0 Å². The number of anilines is 1. The molecule has 1 aliphatic heterocycles. The van der Waals surface area contributed by atoms with Gasteiger partial charge < -0.3 is 10.1 Å². The first-order valence-electron chi connectivity index (χ1n) is 6.55. The first-order chi connectivity index (χ1) is 9.94. The predicted molar refractivity (Wildman–Crippen MR) is 71.0 cm³/mol. The van der Waals surface area contributed by atoms with Crippen LogP contribution in [0.15, 0.2) is 24.3 Å². The highest BCUT2D eigenvalue weighted by molar-refractivity contribution is 5.90. The number of benzene rings is 1. The van der Waals surface area contributed by atoms with Crippen LogP contribution in [0.2, 0.25) is 0 Å². The van der Waals surface area contributed by atoms with E-state index in [0.29, 0.717) is 0 Å². The minimum Gasteiger partial charge on any atom is -0.482 e. The van der Waals surface area contributed by atoms with E-state index in [1.54, 1.807) is 11.1 Å². The van der Waals surface area contributed by atoms with Crippen LogP contribution in [-0.2, 0) is 0 Å². The Kier molecular flexibility index (Phi) is 4.89. The molecule has 1 saturated heterocycles. The van der Waals surface area contributed by atoms with Crippen LogP contribution < -0.4 is 15.5 Å². The van der Waals surface area contributed by atoms with E-state index in [4.69, 9.17) is 4.74 Å². The molecule has 116 valence electrons. The van der Waals surface area contributed by atoms with Gasteiger partial charge in [-0.2, -0.15) is 13.2 Å². The van der Waals surface area contributed by atoms with Gasteiger partial charge >= 0.3 is 12.2 Å². The Labute approximate surface area is 120 Å². The van der Waals surface area contributed by atoms with E-state index in [-0.39, 0.29) is 11.4 Å². The van der Waals surface area contributed by atoms with Crippen molar-refractivity contribution in [3.05, 3.63) is 24.3 Å². The predicted octanol–water partition coefficient (Wildman–Crippen LogP) is 2.76. The van der Waals surface area contributed by atoms with Gasteiger partial charge in [0, 0.05) is 13.1 Å². The first kappa shape index (κ1) is 15.4. The Morgan fingerprint density at radius 1 is 1.24 bits per heavy atom. The van der Waals surface area contributed by atoms with Crippen molar-refractivity contribution in [1.82, 2.24) is 10.4 Å². The summed E-state index contributed by atoms with van der Waals surface area (Å²) in [5.74, 6) is -0.0219. The molecule has 1 aromatic rings. The monoisotopic (exact) mass is 303 g/mol. The molecule has 0 saturated carbocycles. The zero-order valence-corrected chi connectivity index (χ0v) is 11.2. The summed E-state index contributed by atoms with van der Waals surface area (Å²) in [6.45, 7) is 0.124. The standard InChI is InChI=1S/C13H16F3N3O2/c14-13(15,16)9-21-11-6-2-1-5-10(11)17-12(20)18-19-7-3-4-8-19/h1-2,5-6H,3-4,7-9H2,(H2,17,18,20). The van der Waals surface area contributed by atoms with Crippen molar-refractivity contribution in [2.45, 2.75) is 19.0 Å². The Morgan fingerprint density at radius 3 is 2.57 bits per heavy atom. The van der Waals surface area contributed by atoms with Crippen LogP contribution in [0.5, 0.6) is 5.75 Å². The fourth-order valence-corrected chi connectivity index (χ4v) is 1.98. The third-order valence-corrected chi connectivity index (χ3v) is 2.89. The Balaban J connectivity index is 1.93. The van der Waals surface area contributed by atoms with Crippen molar-refractivity contribution in [2.24, 2.45) is 0 Å². The summed E-state index contributed by atoms with van der Waals surface area (Å²) in [5, 5.41) is 4.25. The van der Waals surface area contributed by atoms with Gasteiger partial charge in [-0.1, -0.05) is 12.1 Å². The highest BCUT2D eigenvalue weighted by atomic mass is 19.4. The number of rotatable bonds is 4. The molecule has 2 amide bonds.